The molecule has 1 atom stereocenters. The van der Waals surface area contributed by atoms with Crippen LogP contribution in [0.3, 0.4) is 0 Å². The monoisotopic (exact) mass is 241 g/mol. The van der Waals surface area contributed by atoms with Crippen molar-refractivity contribution in [2.24, 2.45) is 5.73 Å². The first-order chi connectivity index (χ1) is 8.70. The average Bonchev–Trinajstić information content (AvgIpc) is 2.41. The Morgan fingerprint density at radius 1 is 1.06 bits per heavy atom. The van der Waals surface area contributed by atoms with E-state index in [1.165, 1.54) is 5.56 Å². The molecule has 2 aromatic rings. The topological polar surface area (TPSA) is 35.2 Å². The van der Waals surface area contributed by atoms with Crippen LogP contribution < -0.4 is 10.5 Å². The summed E-state index contributed by atoms with van der Waals surface area (Å²) in [6.07, 6.45) is 0.897. The Kier molecular flexibility index (Phi) is 4.00. The predicted molar refractivity (Wildman–Crippen MR) is 74.9 cm³/mol. The standard InChI is InChI=1S/C16H19NO/c1-3-15(17)14-6-4-5-7-16(14)18-13-10-8-12(2)9-11-13/h4-11,15H,3,17H2,1-2H3. The van der Waals surface area contributed by atoms with Crippen LogP contribution in [0, 0.1) is 6.92 Å². The quantitative estimate of drug-likeness (QED) is 0.870. The number of para-hydroxylation sites is 1. The van der Waals surface area contributed by atoms with Crippen molar-refractivity contribution >= 4 is 0 Å². The zero-order chi connectivity index (χ0) is 13.0. The van der Waals surface area contributed by atoms with E-state index in [1.54, 1.807) is 0 Å². The summed E-state index contributed by atoms with van der Waals surface area (Å²) in [7, 11) is 0. The lowest BCUT2D eigenvalue weighted by molar-refractivity contribution is 0.468. The van der Waals surface area contributed by atoms with E-state index >= 15 is 0 Å². The largest absolute Gasteiger partial charge is 0.457 e. The molecule has 0 heterocycles. The van der Waals surface area contributed by atoms with E-state index in [-0.39, 0.29) is 6.04 Å². The summed E-state index contributed by atoms with van der Waals surface area (Å²) in [5.74, 6) is 1.69. The maximum absolute atomic E-state index is 6.09. The van der Waals surface area contributed by atoms with Crippen LogP contribution in [0.5, 0.6) is 11.5 Å². The van der Waals surface area contributed by atoms with Crippen LogP contribution in [0.2, 0.25) is 0 Å². The number of hydrogen-bond donors (Lipinski definition) is 1. The van der Waals surface area contributed by atoms with E-state index in [0.717, 1.165) is 23.5 Å². The Morgan fingerprint density at radius 3 is 2.39 bits per heavy atom. The second kappa shape index (κ2) is 5.69. The fourth-order valence-electron chi connectivity index (χ4n) is 1.83. The van der Waals surface area contributed by atoms with Gasteiger partial charge in [-0.1, -0.05) is 42.8 Å². The van der Waals surface area contributed by atoms with Gasteiger partial charge in [0, 0.05) is 11.6 Å². The molecule has 2 aromatic carbocycles. The highest BCUT2D eigenvalue weighted by molar-refractivity contribution is 5.40. The smallest absolute Gasteiger partial charge is 0.132 e. The van der Waals surface area contributed by atoms with E-state index in [0.29, 0.717) is 0 Å². The molecule has 94 valence electrons. The first-order valence-electron chi connectivity index (χ1n) is 6.29. The second-order valence-corrected chi connectivity index (χ2v) is 4.47. The Bertz CT molecular complexity index is 505. The first kappa shape index (κ1) is 12.7. The van der Waals surface area contributed by atoms with Crippen LogP contribution in [-0.4, -0.2) is 0 Å². The molecule has 0 bridgehead atoms. The molecule has 0 aromatic heterocycles. The molecule has 0 aliphatic rings. The number of ether oxygens (including phenoxy) is 1. The van der Waals surface area contributed by atoms with Crippen LogP contribution in [-0.2, 0) is 0 Å². The molecule has 0 spiro atoms. The molecule has 0 saturated carbocycles. The molecule has 2 N–H and O–H groups in total. The van der Waals surface area contributed by atoms with Gasteiger partial charge in [-0.05, 0) is 31.5 Å². The summed E-state index contributed by atoms with van der Waals surface area (Å²) >= 11 is 0. The number of aryl methyl sites for hydroxylation is 1. The molecule has 2 nitrogen and oxygen atoms in total. The van der Waals surface area contributed by atoms with Crippen molar-refractivity contribution in [3.63, 3.8) is 0 Å². The molecule has 18 heavy (non-hydrogen) atoms. The van der Waals surface area contributed by atoms with Crippen LogP contribution in [0.1, 0.15) is 30.5 Å². The van der Waals surface area contributed by atoms with Crippen molar-refractivity contribution in [2.45, 2.75) is 26.3 Å². The van der Waals surface area contributed by atoms with Gasteiger partial charge in [-0.3, -0.25) is 0 Å². The Morgan fingerprint density at radius 2 is 1.72 bits per heavy atom. The van der Waals surface area contributed by atoms with Gasteiger partial charge < -0.3 is 10.5 Å². The third-order valence-electron chi connectivity index (χ3n) is 3.01. The van der Waals surface area contributed by atoms with Crippen LogP contribution in [0.15, 0.2) is 48.5 Å². The van der Waals surface area contributed by atoms with Gasteiger partial charge in [0.25, 0.3) is 0 Å². The zero-order valence-corrected chi connectivity index (χ0v) is 10.9. The summed E-state index contributed by atoms with van der Waals surface area (Å²) in [5.41, 5.74) is 8.37. The van der Waals surface area contributed by atoms with Gasteiger partial charge in [0.05, 0.1) is 0 Å². The van der Waals surface area contributed by atoms with Crippen molar-refractivity contribution in [3.05, 3.63) is 59.7 Å². The van der Waals surface area contributed by atoms with Crippen molar-refractivity contribution in [1.82, 2.24) is 0 Å². The molecule has 0 aliphatic carbocycles. The molecule has 0 radical (unpaired) electrons. The molecular weight excluding hydrogens is 222 g/mol. The van der Waals surface area contributed by atoms with Crippen molar-refractivity contribution in [1.29, 1.82) is 0 Å². The van der Waals surface area contributed by atoms with Gasteiger partial charge in [0.2, 0.25) is 0 Å². The molecule has 0 saturated heterocycles. The van der Waals surface area contributed by atoms with Gasteiger partial charge in [0.1, 0.15) is 11.5 Å². The summed E-state index contributed by atoms with van der Waals surface area (Å²) in [6, 6.07) is 16.0. The van der Waals surface area contributed by atoms with E-state index in [4.69, 9.17) is 10.5 Å². The molecule has 0 aliphatic heterocycles. The highest BCUT2D eigenvalue weighted by Gasteiger charge is 2.10. The summed E-state index contributed by atoms with van der Waals surface area (Å²) in [6.45, 7) is 4.14. The Balaban J connectivity index is 2.26. The van der Waals surface area contributed by atoms with Gasteiger partial charge in [0.15, 0.2) is 0 Å². The second-order valence-electron chi connectivity index (χ2n) is 4.47. The van der Waals surface area contributed by atoms with Gasteiger partial charge in [-0.15, -0.1) is 0 Å². The maximum Gasteiger partial charge on any atom is 0.132 e. The molecular formula is C16H19NO. The minimum absolute atomic E-state index is 0.0200. The lowest BCUT2D eigenvalue weighted by atomic mass is 10.0. The molecule has 0 amide bonds. The van der Waals surface area contributed by atoms with E-state index in [9.17, 15) is 0 Å². The van der Waals surface area contributed by atoms with Crippen LogP contribution >= 0.6 is 0 Å². The maximum atomic E-state index is 6.09. The normalized spacial score (nSPS) is 12.2. The number of hydrogen-bond acceptors (Lipinski definition) is 2. The summed E-state index contributed by atoms with van der Waals surface area (Å²) in [5, 5.41) is 0. The van der Waals surface area contributed by atoms with Crippen molar-refractivity contribution in [3.8, 4) is 11.5 Å². The summed E-state index contributed by atoms with van der Waals surface area (Å²) < 4.78 is 5.91. The van der Waals surface area contributed by atoms with Gasteiger partial charge >= 0.3 is 0 Å². The zero-order valence-electron chi connectivity index (χ0n) is 10.9. The summed E-state index contributed by atoms with van der Waals surface area (Å²) in [4.78, 5) is 0. The number of rotatable bonds is 4. The number of nitrogens with two attached hydrogens (primary N) is 1. The minimum atomic E-state index is 0.0200. The van der Waals surface area contributed by atoms with Crippen LogP contribution in [0.4, 0.5) is 0 Å². The van der Waals surface area contributed by atoms with E-state index < -0.39 is 0 Å². The van der Waals surface area contributed by atoms with Gasteiger partial charge in [-0.2, -0.15) is 0 Å². The molecule has 2 heteroatoms. The highest BCUT2D eigenvalue weighted by atomic mass is 16.5. The molecule has 2 rings (SSSR count). The fraction of sp³-hybridized carbons (Fsp3) is 0.250. The predicted octanol–water partition coefficient (Wildman–Crippen LogP) is 4.20. The Labute approximate surface area is 108 Å². The average molecular weight is 241 g/mol. The lowest BCUT2D eigenvalue weighted by Crippen LogP contribution is -2.09. The fourth-order valence-corrected chi connectivity index (χ4v) is 1.83. The van der Waals surface area contributed by atoms with Crippen molar-refractivity contribution in [2.75, 3.05) is 0 Å². The van der Waals surface area contributed by atoms with Gasteiger partial charge in [-0.25, -0.2) is 0 Å². The minimum Gasteiger partial charge on any atom is -0.457 e. The van der Waals surface area contributed by atoms with E-state index in [2.05, 4.69) is 13.8 Å². The molecule has 0 fully saturated rings. The van der Waals surface area contributed by atoms with E-state index in [1.807, 2.05) is 48.5 Å². The van der Waals surface area contributed by atoms with Crippen molar-refractivity contribution < 1.29 is 4.74 Å². The number of benzene rings is 2. The third kappa shape index (κ3) is 2.90. The SMILES string of the molecule is CCC(N)c1ccccc1Oc1ccc(C)cc1. The lowest BCUT2D eigenvalue weighted by Gasteiger charge is -2.15. The molecule has 1 unspecified atom stereocenters. The third-order valence-corrected chi connectivity index (χ3v) is 3.01. The van der Waals surface area contributed by atoms with Crippen LogP contribution in [0.25, 0.3) is 0 Å². The first-order valence-corrected chi connectivity index (χ1v) is 6.29. The Hall–Kier alpha value is -1.80. The highest BCUT2D eigenvalue weighted by Crippen LogP contribution is 2.29.